The van der Waals surface area contributed by atoms with E-state index in [1.54, 1.807) is 30.3 Å². The first kappa shape index (κ1) is 73.3. The van der Waals surface area contributed by atoms with Crippen LogP contribution in [-0.2, 0) is 82.7 Å². The van der Waals surface area contributed by atoms with Crippen LogP contribution in [0, 0.1) is 17.6 Å². The van der Waals surface area contributed by atoms with Crippen molar-refractivity contribution in [3.8, 4) is 28.2 Å². The first-order chi connectivity index (χ1) is 44.7. The summed E-state index contributed by atoms with van der Waals surface area (Å²) in [4.78, 5) is 137. The fourth-order valence-corrected chi connectivity index (χ4v) is 10.7. The van der Waals surface area contributed by atoms with Gasteiger partial charge in [0.25, 0.3) is 6.47 Å². The normalized spacial score (nSPS) is 14.3. The second kappa shape index (κ2) is 38.3. The molecular weight excluding hydrogens is 1250 g/mol. The summed E-state index contributed by atoms with van der Waals surface area (Å²) in [5.41, 5.74) is 0.601. The molecule has 1 unspecified atom stereocenters. The number of carbonyl (C=O) groups is 10. The number of phenols is 1. The number of aliphatic carboxylic acids is 3. The highest BCUT2D eigenvalue weighted by atomic mass is 32.2. The van der Waals surface area contributed by atoms with Gasteiger partial charge in [0.1, 0.15) is 35.0 Å². The highest BCUT2D eigenvalue weighted by molar-refractivity contribution is 8.00. The van der Waals surface area contributed by atoms with Crippen molar-refractivity contribution in [3.05, 3.63) is 106 Å². The summed E-state index contributed by atoms with van der Waals surface area (Å²) in [6.45, 7) is 2.98. The van der Waals surface area contributed by atoms with Crippen LogP contribution in [0.2, 0.25) is 0 Å². The van der Waals surface area contributed by atoms with Gasteiger partial charge in [0, 0.05) is 85.4 Å². The van der Waals surface area contributed by atoms with Crippen LogP contribution in [-0.4, -0.2) is 189 Å². The first-order valence-corrected chi connectivity index (χ1v) is 30.6. The third kappa shape index (κ3) is 24.0. The molecule has 0 aromatic heterocycles. The summed E-state index contributed by atoms with van der Waals surface area (Å²) >= 11 is 0.867. The molecule has 0 radical (unpaired) electrons. The molecule has 0 saturated carbocycles. The number of carboxylic acids is 3. The van der Waals surface area contributed by atoms with Gasteiger partial charge in [-0.1, -0.05) is 42.5 Å². The zero-order chi connectivity index (χ0) is 67.2. The Labute approximate surface area is 535 Å². The molecule has 93 heavy (non-hydrogen) atoms. The van der Waals surface area contributed by atoms with E-state index in [1.165, 1.54) is 24.3 Å². The number of carboxylic acid groups (broad SMARTS) is 3. The van der Waals surface area contributed by atoms with Crippen molar-refractivity contribution in [3.63, 3.8) is 0 Å². The summed E-state index contributed by atoms with van der Waals surface area (Å²) in [6.07, 6.45) is -2.26. The van der Waals surface area contributed by atoms with Crippen molar-refractivity contribution >= 4 is 88.1 Å². The lowest BCUT2D eigenvalue weighted by Gasteiger charge is -2.21. The van der Waals surface area contributed by atoms with Crippen LogP contribution in [0.3, 0.4) is 0 Å². The van der Waals surface area contributed by atoms with Crippen LogP contribution in [0.25, 0.3) is 33.4 Å². The minimum Gasteiger partial charge on any atom is -0.505 e. The summed E-state index contributed by atoms with van der Waals surface area (Å²) in [7, 11) is 0. The van der Waals surface area contributed by atoms with Crippen LogP contribution in [0.1, 0.15) is 63.4 Å². The number of amides is 5. The highest BCUT2D eigenvalue weighted by Crippen LogP contribution is 2.42. The van der Waals surface area contributed by atoms with Gasteiger partial charge in [-0.25, -0.2) is 28.1 Å². The third-order valence-electron chi connectivity index (χ3n) is 14.2. The van der Waals surface area contributed by atoms with Gasteiger partial charge in [0.15, 0.2) is 23.6 Å². The standard InChI is InChI=1S/C63H72F2N4O23S/c64-46-31-44-52(33-50(46)73)92-53-34-51(74)47(65)32-45(53)58(44)39-8-10-41(11-9-39)69-56(75)35-54(60(69)79)93-36-49(62(82)83)66-59(78)40(29-38-5-2-1-3-6-38)30-43(72)16-18-86-20-22-88-24-26-90-28-27-89-25-23-87-21-19-85-17-4-7-42(71)12-13-48(61(80)81)67-63(84)68-55(91-37-70)14-15-57(76)77/h1-3,5-6,8-11,31-34,37,40,48-49,54-55,73H,4,7,12-30,35-36H2,(H,66,78)(H,76,77)(H,80,81)(H,82,83)(H2,67,68,84)/t40-,48+,49+,54?,55-/m1/s1. The molecule has 502 valence electrons. The highest BCUT2D eigenvalue weighted by Gasteiger charge is 2.41. The van der Waals surface area contributed by atoms with Crippen molar-refractivity contribution in [1.82, 2.24) is 16.0 Å². The van der Waals surface area contributed by atoms with Crippen molar-refractivity contribution in [1.29, 1.82) is 0 Å². The average molecular weight is 1320 g/mol. The lowest BCUT2D eigenvalue weighted by atomic mass is 9.92. The smallest absolute Gasteiger partial charge is 0.327 e. The van der Waals surface area contributed by atoms with E-state index in [2.05, 4.69) is 20.7 Å². The second-order valence-corrected chi connectivity index (χ2v) is 22.2. The minimum atomic E-state index is -1.51. The van der Waals surface area contributed by atoms with Crippen molar-refractivity contribution in [2.45, 2.75) is 87.8 Å². The number of anilines is 1. The Morgan fingerprint density at radius 2 is 1.28 bits per heavy atom. The zero-order valence-corrected chi connectivity index (χ0v) is 51.2. The number of hydrogen-bond acceptors (Lipinski definition) is 21. The largest absolute Gasteiger partial charge is 0.505 e. The Balaban J connectivity index is 0.807. The van der Waals surface area contributed by atoms with E-state index < -0.39 is 100 Å². The predicted molar refractivity (Wildman–Crippen MR) is 326 cm³/mol. The predicted octanol–water partition coefficient (Wildman–Crippen LogP) is 5.04. The van der Waals surface area contributed by atoms with E-state index in [4.69, 9.17) is 37.9 Å². The van der Waals surface area contributed by atoms with Gasteiger partial charge in [-0.2, -0.15) is 0 Å². The molecular formula is C63H72F2N4O23S. The van der Waals surface area contributed by atoms with E-state index in [1.807, 2.05) is 0 Å². The quantitative estimate of drug-likeness (QED) is 0.00882. The minimum absolute atomic E-state index is 0.0117. The Bertz CT molecular complexity index is 3390. The number of rotatable bonds is 45. The number of thioether (sulfide) groups is 1. The van der Waals surface area contributed by atoms with Crippen LogP contribution in [0.5, 0.6) is 5.75 Å². The Morgan fingerprint density at radius 3 is 1.88 bits per heavy atom. The first-order valence-electron chi connectivity index (χ1n) is 29.6. The molecule has 0 spiro atoms. The number of halogens is 2. The number of aromatic hydroxyl groups is 1. The molecule has 3 aliphatic rings. The average Bonchev–Trinajstić information content (AvgIpc) is 1.01. The molecule has 27 nitrogen and oxygen atoms in total. The van der Waals surface area contributed by atoms with Crippen molar-refractivity contribution in [2.24, 2.45) is 5.92 Å². The zero-order valence-electron chi connectivity index (χ0n) is 50.4. The number of nitrogens with zero attached hydrogens (tertiary/aromatic N) is 1. The van der Waals surface area contributed by atoms with Gasteiger partial charge in [0.05, 0.1) is 90.0 Å². The van der Waals surface area contributed by atoms with E-state index in [-0.39, 0.29) is 162 Å². The SMILES string of the molecule is O=CO[C@H](CCC(=O)O)NC(=O)N[C@@H](CCC(=O)CCCOCCOCCOCCOCCOCCOCCC(=O)C[C@@H](Cc1ccccc1)C(=O)N[C@@H](CSC1CC(=O)N(c2ccc(-c3c4cc(F)c(=O)cc-4oc4cc(O)c(F)cc34)cc2)C1=O)C(=O)O)C(=O)O. The number of ether oxygens (including phenoxy) is 7. The molecule has 2 heterocycles. The van der Waals surface area contributed by atoms with Crippen LogP contribution in [0.4, 0.5) is 19.3 Å². The molecule has 30 heteroatoms. The van der Waals surface area contributed by atoms with Gasteiger partial charge >= 0.3 is 23.9 Å². The van der Waals surface area contributed by atoms with Gasteiger partial charge in [-0.15, -0.1) is 11.8 Å². The molecule has 1 aliphatic carbocycles. The number of benzene rings is 4. The fraction of sp³-hybridized carbons (Fsp3) is 0.444. The van der Waals surface area contributed by atoms with Crippen LogP contribution >= 0.6 is 11.8 Å². The topological polar surface area (TPSA) is 386 Å². The molecule has 3 aromatic carbocycles. The number of urea groups is 1. The fourth-order valence-electron chi connectivity index (χ4n) is 9.49. The van der Waals surface area contributed by atoms with Crippen LogP contribution in [0.15, 0.2) is 88.1 Å². The summed E-state index contributed by atoms with van der Waals surface area (Å²) < 4.78 is 72.6. The Morgan fingerprint density at radius 1 is 0.667 bits per heavy atom. The van der Waals surface area contributed by atoms with Crippen molar-refractivity contribution in [2.75, 3.05) is 89.9 Å². The number of carbonyl (C=O) groups excluding carboxylic acids is 7. The van der Waals surface area contributed by atoms with Crippen molar-refractivity contribution < 1.29 is 115 Å². The molecule has 2 aliphatic heterocycles. The Hall–Kier alpha value is -8.78. The monoisotopic (exact) mass is 1320 g/mol. The molecule has 1 fully saturated rings. The molecule has 5 amide bonds. The maximum absolute atomic E-state index is 14.7. The van der Waals surface area contributed by atoms with Gasteiger partial charge < -0.3 is 74.0 Å². The van der Waals surface area contributed by atoms with Crippen LogP contribution < -0.4 is 26.3 Å². The summed E-state index contributed by atoms with van der Waals surface area (Å²) in [6, 6.07) is 14.6. The molecule has 3 aromatic rings. The number of nitrogens with one attached hydrogen (secondary N) is 3. The number of hydrogen-bond donors (Lipinski definition) is 7. The molecule has 1 saturated heterocycles. The van der Waals surface area contributed by atoms with Gasteiger partial charge in [0.2, 0.25) is 23.2 Å². The number of imide groups is 1. The van der Waals surface area contributed by atoms with Gasteiger partial charge in [-0.3, -0.25) is 38.4 Å². The second-order valence-electron chi connectivity index (χ2n) is 21.0. The summed E-state index contributed by atoms with van der Waals surface area (Å²) in [5.74, 6) is -10.6. The van der Waals surface area contributed by atoms with E-state index in [0.717, 1.165) is 46.5 Å². The van der Waals surface area contributed by atoms with E-state index >= 15 is 0 Å². The molecule has 7 N–H and O–H groups in total. The molecule has 5 atom stereocenters. The van der Waals surface area contributed by atoms with Gasteiger partial charge in [-0.05, 0) is 54.7 Å². The molecule has 6 rings (SSSR count). The van der Waals surface area contributed by atoms with E-state index in [0.29, 0.717) is 38.4 Å². The number of fused-ring (bicyclic) bond motifs is 2. The van der Waals surface area contributed by atoms with E-state index in [9.17, 15) is 76.8 Å². The summed E-state index contributed by atoms with van der Waals surface area (Å²) in [5, 5.41) is 44.4. The molecule has 0 bridgehead atoms. The number of Topliss-reactive ketones (excluding diaryl/α,β-unsaturated/α-hetero) is 2. The lowest BCUT2D eigenvalue weighted by Crippen LogP contribution is -2.49. The number of ketones is 2. The third-order valence-corrected chi connectivity index (χ3v) is 15.5. The lowest BCUT2D eigenvalue weighted by molar-refractivity contribution is -0.142. The maximum atomic E-state index is 14.7. The number of phenolic OH excluding ortho intramolecular Hbond substituents is 1. The maximum Gasteiger partial charge on any atom is 0.327 e. The Kier molecular flexibility index (Phi) is 30.2.